The molecule has 2 atom stereocenters. The first-order chi connectivity index (χ1) is 18.1. The van der Waals surface area contributed by atoms with Gasteiger partial charge in [0.25, 0.3) is 5.91 Å². The second-order valence-corrected chi connectivity index (χ2v) is 8.93. The fourth-order valence-corrected chi connectivity index (χ4v) is 4.34. The van der Waals surface area contributed by atoms with E-state index in [9.17, 15) is 4.79 Å². The van der Waals surface area contributed by atoms with E-state index in [0.29, 0.717) is 51.0 Å². The normalized spacial score (nSPS) is 21.5. The molecule has 0 aliphatic carbocycles. The van der Waals surface area contributed by atoms with Gasteiger partial charge in [0.15, 0.2) is 5.54 Å². The number of hydrazine groups is 1. The van der Waals surface area contributed by atoms with Gasteiger partial charge in [-0.1, -0.05) is 29.4 Å². The topological polar surface area (TPSA) is 141 Å². The number of hydrogen-bond donors (Lipinski definition) is 2. The predicted molar refractivity (Wildman–Crippen MR) is 137 cm³/mol. The molecule has 2 aromatic rings. The first kappa shape index (κ1) is 26.4. The summed E-state index contributed by atoms with van der Waals surface area (Å²) in [5.74, 6) is 0.783. The lowest BCUT2D eigenvalue weighted by atomic mass is 9.84. The van der Waals surface area contributed by atoms with E-state index in [-0.39, 0.29) is 25.5 Å². The number of carbonyl (C=O) groups excluding carboxylic acids is 1. The van der Waals surface area contributed by atoms with E-state index in [1.165, 1.54) is 0 Å². The highest BCUT2D eigenvalue weighted by Crippen LogP contribution is 2.34. The van der Waals surface area contributed by atoms with E-state index >= 15 is 0 Å². The Hall–Kier alpha value is -3.63. The lowest BCUT2D eigenvalue weighted by Gasteiger charge is -2.33. The standard InChI is InChI=1S/C26H32N6O5/c1-19-26(25(34)30-32-11-15-35-16-12-32,17-21-5-2-3-6-22(21)18-28-31-27)29-24(37-19)20-7-9-23(10-8-20)36-14-4-13-33/h2-3,5-10,19,33H,4,11-18H2,1H3,(H,30,34)/t19-,26-/m0/s1. The zero-order valence-corrected chi connectivity index (χ0v) is 20.9. The number of benzene rings is 2. The first-order valence-corrected chi connectivity index (χ1v) is 12.4. The molecule has 4 rings (SSSR count). The van der Waals surface area contributed by atoms with Crippen LogP contribution in [0.1, 0.15) is 30.0 Å². The number of nitrogens with zero attached hydrogens (tertiary/aromatic N) is 5. The van der Waals surface area contributed by atoms with Gasteiger partial charge in [-0.25, -0.2) is 10.0 Å². The molecule has 196 valence electrons. The van der Waals surface area contributed by atoms with E-state index in [1.54, 1.807) is 0 Å². The Morgan fingerprint density at radius 1 is 1.24 bits per heavy atom. The molecule has 11 heteroatoms. The Labute approximate surface area is 215 Å². The molecule has 2 aromatic carbocycles. The summed E-state index contributed by atoms with van der Waals surface area (Å²) in [4.78, 5) is 21.6. The number of morpholine rings is 1. The van der Waals surface area contributed by atoms with Crippen LogP contribution in [0.5, 0.6) is 5.75 Å². The number of aliphatic hydroxyl groups is 1. The number of aliphatic hydroxyl groups excluding tert-OH is 1. The third-order valence-electron chi connectivity index (χ3n) is 6.48. The molecule has 0 bridgehead atoms. The highest BCUT2D eigenvalue weighted by atomic mass is 16.5. The van der Waals surface area contributed by atoms with Gasteiger partial charge in [-0.05, 0) is 47.8 Å². The Morgan fingerprint density at radius 3 is 2.68 bits per heavy atom. The van der Waals surface area contributed by atoms with Crippen molar-refractivity contribution in [3.05, 3.63) is 75.7 Å². The van der Waals surface area contributed by atoms with Crippen LogP contribution in [-0.4, -0.2) is 73.1 Å². The molecule has 2 N–H and O–H groups in total. The molecule has 2 aliphatic heterocycles. The van der Waals surface area contributed by atoms with Gasteiger partial charge in [-0.3, -0.25) is 10.2 Å². The van der Waals surface area contributed by atoms with E-state index in [0.717, 1.165) is 16.7 Å². The van der Waals surface area contributed by atoms with Crippen molar-refractivity contribution in [1.29, 1.82) is 0 Å². The SMILES string of the molecule is C[C@@H]1OC(c2ccc(OCCCO)cc2)=N[C@]1(Cc1ccccc1CN=[N+]=[N-])C(=O)NN1CCOCC1. The van der Waals surface area contributed by atoms with E-state index in [1.807, 2.05) is 60.5 Å². The van der Waals surface area contributed by atoms with Crippen LogP contribution >= 0.6 is 0 Å². The van der Waals surface area contributed by atoms with Crippen molar-refractivity contribution in [1.82, 2.24) is 10.4 Å². The van der Waals surface area contributed by atoms with Crippen LogP contribution in [-0.2, 0) is 27.2 Å². The summed E-state index contributed by atoms with van der Waals surface area (Å²) < 4.78 is 17.2. The lowest BCUT2D eigenvalue weighted by molar-refractivity contribution is -0.135. The van der Waals surface area contributed by atoms with Gasteiger partial charge in [-0.15, -0.1) is 0 Å². The van der Waals surface area contributed by atoms with Gasteiger partial charge in [-0.2, -0.15) is 0 Å². The number of carbonyl (C=O) groups is 1. The van der Waals surface area contributed by atoms with Crippen LogP contribution in [0.3, 0.4) is 0 Å². The molecule has 0 saturated carbocycles. The van der Waals surface area contributed by atoms with E-state index in [2.05, 4.69) is 15.5 Å². The number of amides is 1. The molecule has 1 amide bonds. The monoisotopic (exact) mass is 508 g/mol. The van der Waals surface area contributed by atoms with Gasteiger partial charge in [0.05, 0.1) is 26.4 Å². The Bertz CT molecular complexity index is 1140. The second-order valence-electron chi connectivity index (χ2n) is 8.93. The summed E-state index contributed by atoms with van der Waals surface area (Å²) in [5, 5.41) is 14.5. The fourth-order valence-electron chi connectivity index (χ4n) is 4.34. The Kier molecular flexibility index (Phi) is 8.97. The number of ether oxygens (including phenoxy) is 3. The maximum atomic E-state index is 13.9. The highest BCUT2D eigenvalue weighted by Gasteiger charge is 2.51. The Morgan fingerprint density at radius 2 is 1.97 bits per heavy atom. The highest BCUT2D eigenvalue weighted by molar-refractivity contribution is 6.00. The maximum Gasteiger partial charge on any atom is 0.266 e. The van der Waals surface area contributed by atoms with Crippen molar-refractivity contribution < 1.29 is 24.1 Å². The number of rotatable bonds is 11. The molecule has 2 heterocycles. The maximum absolute atomic E-state index is 13.9. The zero-order chi connectivity index (χ0) is 26.1. The minimum Gasteiger partial charge on any atom is -0.494 e. The molecule has 0 aromatic heterocycles. The molecular formula is C26H32N6O5. The summed E-state index contributed by atoms with van der Waals surface area (Å²) in [6.07, 6.45) is 0.265. The van der Waals surface area contributed by atoms with Gasteiger partial charge < -0.3 is 19.3 Å². The molecule has 11 nitrogen and oxygen atoms in total. The summed E-state index contributed by atoms with van der Waals surface area (Å²) in [5.41, 5.74) is 13.0. The number of nitrogens with one attached hydrogen (secondary N) is 1. The molecule has 1 saturated heterocycles. The Balaban J connectivity index is 1.65. The fraction of sp³-hybridized carbons (Fsp3) is 0.462. The third-order valence-corrected chi connectivity index (χ3v) is 6.48. The van der Waals surface area contributed by atoms with Crippen LogP contribution in [0.4, 0.5) is 0 Å². The average Bonchev–Trinajstić information content (AvgIpc) is 3.26. The van der Waals surface area contributed by atoms with Crippen LogP contribution in [0.25, 0.3) is 10.4 Å². The van der Waals surface area contributed by atoms with Crippen LogP contribution in [0.15, 0.2) is 58.6 Å². The first-order valence-electron chi connectivity index (χ1n) is 12.4. The summed E-state index contributed by atoms with van der Waals surface area (Å²) >= 11 is 0. The van der Waals surface area contributed by atoms with Gasteiger partial charge in [0.2, 0.25) is 5.90 Å². The number of azide groups is 1. The largest absolute Gasteiger partial charge is 0.494 e. The molecule has 0 unspecified atom stereocenters. The minimum absolute atomic E-state index is 0.0706. The van der Waals surface area contributed by atoms with Crippen molar-refractivity contribution in [3.8, 4) is 5.75 Å². The summed E-state index contributed by atoms with van der Waals surface area (Å²) in [7, 11) is 0. The second kappa shape index (κ2) is 12.6. The van der Waals surface area contributed by atoms with Crippen molar-refractivity contribution in [2.24, 2.45) is 10.1 Å². The lowest BCUT2D eigenvalue weighted by Crippen LogP contribution is -2.58. The average molecular weight is 509 g/mol. The quantitative estimate of drug-likeness (QED) is 0.207. The summed E-state index contributed by atoms with van der Waals surface area (Å²) in [6.45, 7) is 4.75. The molecule has 37 heavy (non-hydrogen) atoms. The molecule has 2 aliphatic rings. The number of hydrogen-bond acceptors (Lipinski definition) is 8. The van der Waals surface area contributed by atoms with Crippen LogP contribution in [0, 0.1) is 0 Å². The van der Waals surface area contributed by atoms with Gasteiger partial charge in [0.1, 0.15) is 11.9 Å². The molecule has 1 fully saturated rings. The van der Waals surface area contributed by atoms with E-state index < -0.39 is 11.6 Å². The van der Waals surface area contributed by atoms with Crippen LogP contribution in [0.2, 0.25) is 0 Å². The third kappa shape index (κ3) is 6.39. The number of aliphatic imine (C=N–C) groups is 1. The van der Waals surface area contributed by atoms with Gasteiger partial charge in [0, 0.05) is 43.0 Å². The van der Waals surface area contributed by atoms with Crippen LogP contribution < -0.4 is 10.2 Å². The van der Waals surface area contributed by atoms with Crippen molar-refractivity contribution in [2.45, 2.75) is 38.0 Å². The predicted octanol–water partition coefficient (Wildman–Crippen LogP) is 2.77. The van der Waals surface area contributed by atoms with Crippen molar-refractivity contribution >= 4 is 11.8 Å². The summed E-state index contributed by atoms with van der Waals surface area (Å²) in [6, 6.07) is 14.9. The zero-order valence-electron chi connectivity index (χ0n) is 20.9. The van der Waals surface area contributed by atoms with Crippen molar-refractivity contribution in [3.63, 3.8) is 0 Å². The molecule has 0 spiro atoms. The van der Waals surface area contributed by atoms with E-state index in [4.69, 9.17) is 29.8 Å². The minimum atomic E-state index is -1.24. The van der Waals surface area contributed by atoms with Crippen molar-refractivity contribution in [2.75, 3.05) is 39.5 Å². The molecular weight excluding hydrogens is 476 g/mol. The molecule has 0 radical (unpaired) electrons. The van der Waals surface area contributed by atoms with Gasteiger partial charge >= 0.3 is 0 Å². The smallest absolute Gasteiger partial charge is 0.266 e.